The molecule has 0 aromatic carbocycles. The van der Waals surface area contributed by atoms with Gasteiger partial charge in [0.05, 0.1) is 0 Å². The van der Waals surface area contributed by atoms with Crippen molar-refractivity contribution in [2.24, 2.45) is 11.8 Å². The highest BCUT2D eigenvalue weighted by molar-refractivity contribution is 5.15. The van der Waals surface area contributed by atoms with Crippen molar-refractivity contribution in [3.8, 4) is 0 Å². The molecule has 0 amide bonds. The smallest absolute Gasteiger partial charge is 0.0130 e. The third-order valence-electron chi connectivity index (χ3n) is 2.60. The summed E-state index contributed by atoms with van der Waals surface area (Å²) >= 11 is 0. The molecule has 0 heterocycles. The molecule has 0 spiro atoms. The van der Waals surface area contributed by atoms with Crippen molar-refractivity contribution >= 4 is 0 Å². The number of allylic oxidation sites excluding steroid dienone is 5. The zero-order valence-corrected chi connectivity index (χ0v) is 8.09. The molecule has 1 aliphatic carbocycles. The van der Waals surface area contributed by atoms with Gasteiger partial charge in [0.1, 0.15) is 0 Å². The van der Waals surface area contributed by atoms with E-state index in [1.807, 2.05) is 0 Å². The minimum Gasteiger partial charge on any atom is -0.0998 e. The van der Waals surface area contributed by atoms with E-state index in [0.717, 1.165) is 0 Å². The standard InChI is InChI=1S/C12H18/c1-4-12(10(2)3)11-8-6-5-7-9-11/h5-8,11-12H,2,4,9H2,1,3H3/t11?,12-/m1/s1. The quantitative estimate of drug-likeness (QED) is 0.555. The van der Waals surface area contributed by atoms with Crippen molar-refractivity contribution in [2.75, 3.05) is 0 Å². The van der Waals surface area contributed by atoms with Gasteiger partial charge in [-0.05, 0) is 31.6 Å². The maximum Gasteiger partial charge on any atom is -0.0130 e. The van der Waals surface area contributed by atoms with E-state index in [1.54, 1.807) is 0 Å². The number of hydrogen-bond acceptors (Lipinski definition) is 0. The van der Waals surface area contributed by atoms with Crippen LogP contribution in [-0.4, -0.2) is 0 Å². The summed E-state index contributed by atoms with van der Waals surface area (Å²) in [6.45, 7) is 8.42. The van der Waals surface area contributed by atoms with E-state index in [0.29, 0.717) is 11.8 Å². The third kappa shape index (κ3) is 2.10. The van der Waals surface area contributed by atoms with E-state index in [1.165, 1.54) is 18.4 Å². The van der Waals surface area contributed by atoms with Crippen molar-refractivity contribution in [1.82, 2.24) is 0 Å². The molecule has 0 saturated heterocycles. The van der Waals surface area contributed by atoms with Gasteiger partial charge in [-0.2, -0.15) is 0 Å². The molecular weight excluding hydrogens is 144 g/mol. The fourth-order valence-electron chi connectivity index (χ4n) is 1.91. The van der Waals surface area contributed by atoms with E-state index in [-0.39, 0.29) is 0 Å². The average molecular weight is 162 g/mol. The predicted octanol–water partition coefficient (Wildman–Crippen LogP) is 3.72. The molecule has 0 aromatic rings. The van der Waals surface area contributed by atoms with Gasteiger partial charge >= 0.3 is 0 Å². The summed E-state index contributed by atoms with van der Waals surface area (Å²) in [5.74, 6) is 1.36. The minimum absolute atomic E-state index is 0.672. The molecule has 0 aliphatic heterocycles. The first-order valence-corrected chi connectivity index (χ1v) is 4.74. The maximum atomic E-state index is 4.04. The second kappa shape index (κ2) is 4.30. The lowest BCUT2D eigenvalue weighted by molar-refractivity contribution is 0.441. The molecule has 0 radical (unpaired) electrons. The molecule has 1 aliphatic rings. The average Bonchev–Trinajstić information content (AvgIpc) is 2.07. The largest absolute Gasteiger partial charge is 0.0998 e. The van der Waals surface area contributed by atoms with E-state index in [9.17, 15) is 0 Å². The van der Waals surface area contributed by atoms with Gasteiger partial charge in [-0.3, -0.25) is 0 Å². The van der Waals surface area contributed by atoms with Gasteiger partial charge in [0.25, 0.3) is 0 Å². The number of hydrogen-bond donors (Lipinski definition) is 0. The Bertz CT molecular complexity index is 208. The van der Waals surface area contributed by atoms with Crippen LogP contribution < -0.4 is 0 Å². The summed E-state index contributed by atoms with van der Waals surface area (Å²) in [6, 6.07) is 0. The summed E-state index contributed by atoms with van der Waals surface area (Å²) in [6.07, 6.45) is 11.2. The van der Waals surface area contributed by atoms with Crippen molar-refractivity contribution in [3.05, 3.63) is 36.5 Å². The Kier molecular flexibility index (Phi) is 3.33. The zero-order chi connectivity index (χ0) is 8.97. The summed E-state index contributed by atoms with van der Waals surface area (Å²) in [5, 5.41) is 0. The van der Waals surface area contributed by atoms with Crippen molar-refractivity contribution in [2.45, 2.75) is 26.7 Å². The van der Waals surface area contributed by atoms with Crippen molar-refractivity contribution in [3.63, 3.8) is 0 Å². The summed E-state index contributed by atoms with van der Waals surface area (Å²) in [7, 11) is 0. The summed E-state index contributed by atoms with van der Waals surface area (Å²) in [4.78, 5) is 0. The fourth-order valence-corrected chi connectivity index (χ4v) is 1.91. The van der Waals surface area contributed by atoms with Crippen LogP contribution in [0.4, 0.5) is 0 Å². The Morgan fingerprint density at radius 1 is 1.58 bits per heavy atom. The van der Waals surface area contributed by atoms with E-state index in [4.69, 9.17) is 0 Å². The topological polar surface area (TPSA) is 0 Å². The van der Waals surface area contributed by atoms with Gasteiger partial charge in [-0.15, -0.1) is 0 Å². The summed E-state index contributed by atoms with van der Waals surface area (Å²) < 4.78 is 0. The van der Waals surface area contributed by atoms with Gasteiger partial charge in [0, 0.05) is 0 Å². The Labute approximate surface area is 75.7 Å². The zero-order valence-electron chi connectivity index (χ0n) is 8.09. The third-order valence-corrected chi connectivity index (χ3v) is 2.60. The van der Waals surface area contributed by atoms with Crippen LogP contribution in [0.25, 0.3) is 0 Å². The molecule has 1 unspecified atom stereocenters. The highest BCUT2D eigenvalue weighted by Crippen LogP contribution is 2.28. The molecule has 0 bridgehead atoms. The molecule has 66 valence electrons. The molecule has 0 saturated carbocycles. The van der Waals surface area contributed by atoms with E-state index in [2.05, 4.69) is 44.7 Å². The molecule has 2 atom stereocenters. The Morgan fingerprint density at radius 2 is 2.33 bits per heavy atom. The normalized spacial score (nSPS) is 24.0. The Hall–Kier alpha value is -0.780. The summed E-state index contributed by atoms with van der Waals surface area (Å²) in [5.41, 5.74) is 1.32. The van der Waals surface area contributed by atoms with Crippen LogP contribution in [0.3, 0.4) is 0 Å². The van der Waals surface area contributed by atoms with Crippen LogP contribution >= 0.6 is 0 Å². The molecule has 0 aromatic heterocycles. The fraction of sp³-hybridized carbons (Fsp3) is 0.500. The first kappa shape index (κ1) is 9.31. The molecular formula is C12H18. The highest BCUT2D eigenvalue weighted by atomic mass is 14.2. The predicted molar refractivity (Wildman–Crippen MR) is 55.0 cm³/mol. The van der Waals surface area contributed by atoms with Crippen LogP contribution in [0.5, 0.6) is 0 Å². The van der Waals surface area contributed by atoms with Crippen LogP contribution in [-0.2, 0) is 0 Å². The van der Waals surface area contributed by atoms with Gasteiger partial charge in [-0.25, -0.2) is 0 Å². The lowest BCUT2D eigenvalue weighted by Gasteiger charge is -2.24. The maximum absolute atomic E-state index is 4.04. The lowest BCUT2D eigenvalue weighted by atomic mass is 9.81. The second-order valence-corrected chi connectivity index (χ2v) is 3.57. The van der Waals surface area contributed by atoms with Gasteiger partial charge in [0.15, 0.2) is 0 Å². The minimum atomic E-state index is 0.672. The molecule has 12 heavy (non-hydrogen) atoms. The van der Waals surface area contributed by atoms with Crippen LogP contribution in [0.15, 0.2) is 36.5 Å². The van der Waals surface area contributed by atoms with E-state index >= 15 is 0 Å². The molecule has 0 heteroatoms. The second-order valence-electron chi connectivity index (χ2n) is 3.57. The molecule has 1 rings (SSSR count). The number of rotatable bonds is 3. The van der Waals surface area contributed by atoms with Crippen molar-refractivity contribution < 1.29 is 0 Å². The van der Waals surface area contributed by atoms with Crippen LogP contribution in [0, 0.1) is 11.8 Å². The lowest BCUT2D eigenvalue weighted by Crippen LogP contribution is -2.13. The monoisotopic (exact) mass is 162 g/mol. The van der Waals surface area contributed by atoms with Crippen molar-refractivity contribution in [1.29, 1.82) is 0 Å². The molecule has 0 nitrogen and oxygen atoms in total. The highest BCUT2D eigenvalue weighted by Gasteiger charge is 2.17. The van der Waals surface area contributed by atoms with Gasteiger partial charge in [-0.1, -0.05) is 43.4 Å². The van der Waals surface area contributed by atoms with Crippen LogP contribution in [0.1, 0.15) is 26.7 Å². The molecule has 0 N–H and O–H groups in total. The van der Waals surface area contributed by atoms with Gasteiger partial charge < -0.3 is 0 Å². The SMILES string of the molecule is C=C(C)[C@@H](CC)C1C=CC=CC1. The Balaban J connectivity index is 2.60. The first-order chi connectivity index (χ1) is 5.75. The van der Waals surface area contributed by atoms with E-state index < -0.39 is 0 Å². The Morgan fingerprint density at radius 3 is 2.75 bits per heavy atom. The molecule has 0 fully saturated rings. The van der Waals surface area contributed by atoms with Crippen LogP contribution in [0.2, 0.25) is 0 Å². The van der Waals surface area contributed by atoms with Gasteiger partial charge in [0.2, 0.25) is 0 Å². The first-order valence-electron chi connectivity index (χ1n) is 4.74.